The Morgan fingerprint density at radius 2 is 1.88 bits per heavy atom. The fraction of sp³-hybridized carbons (Fsp3) is 0.720. The monoisotopic (exact) mass is 476 g/mol. The molecule has 2 heterocycles. The van der Waals surface area contributed by atoms with Gasteiger partial charge in [0.25, 0.3) is 0 Å². The van der Waals surface area contributed by atoms with E-state index >= 15 is 0 Å². The second-order valence-electron chi connectivity index (χ2n) is 9.60. The summed E-state index contributed by atoms with van der Waals surface area (Å²) in [5.74, 6) is 1.15. The first-order valence-corrected chi connectivity index (χ1v) is 13.0. The molecule has 2 aliphatic carbocycles. The molecule has 2 fully saturated rings. The summed E-state index contributed by atoms with van der Waals surface area (Å²) >= 11 is 6.47. The number of nitrogens with one attached hydrogen (secondary N) is 1. The van der Waals surface area contributed by atoms with Crippen LogP contribution in [0, 0.1) is 17.8 Å². The highest BCUT2D eigenvalue weighted by Gasteiger charge is 2.37. The van der Waals surface area contributed by atoms with E-state index < -0.39 is 12.0 Å². The quantitative estimate of drug-likeness (QED) is 0.335. The molecule has 4 rings (SSSR count). The van der Waals surface area contributed by atoms with Crippen molar-refractivity contribution in [3.05, 3.63) is 17.5 Å². The standard InChI is InChI=1S/C25H37ClN4O3/c1-4-17(25(32)33-6-3)23(31)18(5-2)30-14-27-22-19(30)13-20(26)28-24(22)29-21(15-9-7-10-15)16-11-8-12-16/h13-18,21,23,31H,4-12H2,1-3H3,(H,28,29)/t17?,18-,23-/m1/s1. The van der Waals surface area contributed by atoms with Gasteiger partial charge >= 0.3 is 5.97 Å². The van der Waals surface area contributed by atoms with E-state index in [-0.39, 0.29) is 12.0 Å². The van der Waals surface area contributed by atoms with E-state index in [1.165, 1.54) is 38.5 Å². The number of nitrogens with zero attached hydrogens (tertiary/aromatic N) is 3. The predicted molar refractivity (Wildman–Crippen MR) is 130 cm³/mol. The normalized spacial score (nSPS) is 19.7. The summed E-state index contributed by atoms with van der Waals surface area (Å²) in [4.78, 5) is 21.7. The molecule has 0 saturated heterocycles. The number of anilines is 1. The maximum absolute atomic E-state index is 12.4. The van der Waals surface area contributed by atoms with Crippen molar-refractivity contribution in [1.82, 2.24) is 14.5 Å². The minimum atomic E-state index is -0.891. The number of carbonyl (C=O) groups excluding carboxylic acids is 1. The number of ether oxygens (including phenoxy) is 1. The summed E-state index contributed by atoms with van der Waals surface area (Å²) < 4.78 is 7.16. The average molecular weight is 477 g/mol. The minimum absolute atomic E-state index is 0.298. The Morgan fingerprint density at radius 3 is 2.39 bits per heavy atom. The molecule has 33 heavy (non-hydrogen) atoms. The molecule has 2 aromatic heterocycles. The molecule has 2 N–H and O–H groups in total. The van der Waals surface area contributed by atoms with E-state index in [1.807, 2.05) is 18.4 Å². The van der Waals surface area contributed by atoms with Crippen LogP contribution in [0.2, 0.25) is 5.15 Å². The summed E-state index contributed by atoms with van der Waals surface area (Å²) in [6.45, 7) is 5.98. The number of carbonyl (C=O) groups is 1. The van der Waals surface area contributed by atoms with Crippen molar-refractivity contribution in [2.45, 2.75) is 90.3 Å². The molecule has 0 aliphatic heterocycles. The Balaban J connectivity index is 1.65. The zero-order chi connectivity index (χ0) is 23.5. The topological polar surface area (TPSA) is 89.3 Å². The van der Waals surface area contributed by atoms with Gasteiger partial charge in [-0.3, -0.25) is 4.79 Å². The van der Waals surface area contributed by atoms with Crippen LogP contribution in [0.1, 0.15) is 78.2 Å². The van der Waals surface area contributed by atoms with Gasteiger partial charge in [-0.05, 0) is 57.3 Å². The molecule has 2 saturated carbocycles. The molecule has 2 aliphatic rings. The van der Waals surface area contributed by atoms with Gasteiger partial charge in [-0.2, -0.15) is 0 Å². The molecule has 1 unspecified atom stereocenters. The van der Waals surface area contributed by atoms with Crippen LogP contribution in [-0.4, -0.2) is 44.4 Å². The van der Waals surface area contributed by atoms with Gasteiger partial charge in [0.1, 0.15) is 10.7 Å². The highest BCUT2D eigenvalue weighted by atomic mass is 35.5. The fourth-order valence-electron chi connectivity index (χ4n) is 5.41. The maximum Gasteiger partial charge on any atom is 0.311 e. The van der Waals surface area contributed by atoms with Crippen molar-refractivity contribution >= 4 is 34.4 Å². The largest absolute Gasteiger partial charge is 0.466 e. The van der Waals surface area contributed by atoms with E-state index in [1.54, 1.807) is 19.3 Å². The Labute approximate surface area is 201 Å². The third-order valence-electron chi connectivity index (χ3n) is 7.76. The first-order chi connectivity index (χ1) is 16.0. The molecule has 3 atom stereocenters. The maximum atomic E-state index is 12.4. The summed E-state index contributed by atoms with van der Waals surface area (Å²) in [6, 6.07) is 1.88. The third-order valence-corrected chi connectivity index (χ3v) is 7.95. The first-order valence-electron chi connectivity index (χ1n) is 12.6. The third kappa shape index (κ3) is 4.85. The molecule has 8 heteroatoms. The molecule has 0 bridgehead atoms. The lowest BCUT2D eigenvalue weighted by atomic mass is 9.68. The van der Waals surface area contributed by atoms with Gasteiger partial charge < -0.3 is 19.7 Å². The van der Waals surface area contributed by atoms with E-state index in [2.05, 4.69) is 15.3 Å². The molecule has 2 aromatic rings. The molecule has 0 spiro atoms. The van der Waals surface area contributed by atoms with Crippen molar-refractivity contribution < 1.29 is 14.6 Å². The number of rotatable bonds is 11. The van der Waals surface area contributed by atoms with Gasteiger partial charge in [0.2, 0.25) is 0 Å². The van der Waals surface area contributed by atoms with Crippen molar-refractivity contribution in [2.24, 2.45) is 17.8 Å². The summed E-state index contributed by atoms with van der Waals surface area (Å²) in [5.41, 5.74) is 1.58. The first kappa shape index (κ1) is 24.3. The number of halogens is 1. The molecule has 0 aromatic carbocycles. The second kappa shape index (κ2) is 10.6. The van der Waals surface area contributed by atoms with Crippen LogP contribution in [0.25, 0.3) is 11.0 Å². The van der Waals surface area contributed by atoms with Crippen molar-refractivity contribution in [3.63, 3.8) is 0 Å². The highest BCUT2D eigenvalue weighted by molar-refractivity contribution is 6.30. The Morgan fingerprint density at radius 1 is 1.21 bits per heavy atom. The van der Waals surface area contributed by atoms with Crippen molar-refractivity contribution in [2.75, 3.05) is 11.9 Å². The smallest absolute Gasteiger partial charge is 0.311 e. The summed E-state index contributed by atoms with van der Waals surface area (Å²) in [7, 11) is 0. The zero-order valence-electron chi connectivity index (χ0n) is 20.0. The average Bonchev–Trinajstić information content (AvgIpc) is 3.10. The van der Waals surface area contributed by atoms with Gasteiger partial charge in [0.05, 0.1) is 36.5 Å². The SMILES string of the molecule is CCOC(=O)C(CC)[C@@H](O)[C@@H](CC)n1cnc2c(NC(C3CCC3)C3CCC3)nc(Cl)cc21. The summed E-state index contributed by atoms with van der Waals surface area (Å²) in [5, 5.41) is 15.3. The van der Waals surface area contributed by atoms with E-state index in [9.17, 15) is 9.90 Å². The van der Waals surface area contributed by atoms with Crippen molar-refractivity contribution in [1.29, 1.82) is 0 Å². The molecule has 7 nitrogen and oxygen atoms in total. The molecular weight excluding hydrogens is 440 g/mol. The van der Waals surface area contributed by atoms with Crippen molar-refractivity contribution in [3.8, 4) is 0 Å². The molecule has 0 radical (unpaired) electrons. The van der Waals surface area contributed by atoms with Crippen LogP contribution in [0.3, 0.4) is 0 Å². The van der Waals surface area contributed by atoms with Crippen LogP contribution in [0.15, 0.2) is 12.4 Å². The number of aromatic nitrogens is 3. The fourth-order valence-corrected chi connectivity index (χ4v) is 5.60. The molecule has 0 amide bonds. The van der Waals surface area contributed by atoms with Crippen LogP contribution in [-0.2, 0) is 9.53 Å². The Hall–Kier alpha value is -1.86. The number of imidazole rings is 1. The zero-order valence-corrected chi connectivity index (χ0v) is 20.7. The van der Waals surface area contributed by atoms with Gasteiger partial charge in [-0.1, -0.05) is 38.3 Å². The lowest BCUT2D eigenvalue weighted by Gasteiger charge is -2.43. The van der Waals surface area contributed by atoms with Gasteiger partial charge in [0.15, 0.2) is 5.82 Å². The predicted octanol–water partition coefficient (Wildman–Crippen LogP) is 5.37. The van der Waals surface area contributed by atoms with Crippen LogP contribution in [0.4, 0.5) is 5.82 Å². The van der Waals surface area contributed by atoms with Crippen LogP contribution >= 0.6 is 11.6 Å². The number of hydrogen-bond acceptors (Lipinski definition) is 6. The minimum Gasteiger partial charge on any atom is -0.466 e. The second-order valence-corrected chi connectivity index (χ2v) is 9.99. The van der Waals surface area contributed by atoms with Crippen LogP contribution in [0.5, 0.6) is 0 Å². The van der Waals surface area contributed by atoms with E-state index in [0.717, 1.165) is 16.9 Å². The summed E-state index contributed by atoms with van der Waals surface area (Å²) in [6.07, 6.45) is 9.66. The van der Waals surface area contributed by atoms with E-state index in [4.69, 9.17) is 16.3 Å². The number of pyridine rings is 1. The number of aliphatic hydroxyl groups excluding tert-OH is 1. The number of esters is 1. The van der Waals surface area contributed by atoms with Gasteiger partial charge in [0, 0.05) is 12.1 Å². The van der Waals surface area contributed by atoms with E-state index in [0.29, 0.717) is 42.5 Å². The number of aliphatic hydroxyl groups is 1. The number of fused-ring (bicyclic) bond motifs is 1. The lowest BCUT2D eigenvalue weighted by Crippen LogP contribution is -2.42. The molecular formula is C25H37ClN4O3. The highest BCUT2D eigenvalue weighted by Crippen LogP contribution is 2.42. The Kier molecular flexibility index (Phi) is 7.80. The lowest BCUT2D eigenvalue weighted by molar-refractivity contribution is -0.153. The Bertz CT molecular complexity index is 943. The van der Waals surface area contributed by atoms with Gasteiger partial charge in [-0.25, -0.2) is 9.97 Å². The number of hydrogen-bond donors (Lipinski definition) is 2. The molecule has 182 valence electrons. The van der Waals surface area contributed by atoms with Crippen LogP contribution < -0.4 is 5.32 Å². The van der Waals surface area contributed by atoms with Gasteiger partial charge in [-0.15, -0.1) is 0 Å².